The number of nitrogens with zero attached hydrogens (tertiary/aromatic N) is 1. The zero-order chi connectivity index (χ0) is 26.4. The number of hydrogen-bond acceptors (Lipinski definition) is 4. The molecule has 2 aliphatic rings. The highest BCUT2D eigenvalue weighted by molar-refractivity contribution is 6.30. The van der Waals surface area contributed by atoms with Gasteiger partial charge in [0, 0.05) is 38.7 Å². The Balaban J connectivity index is 1.70. The Morgan fingerprint density at radius 2 is 1.59 bits per heavy atom. The summed E-state index contributed by atoms with van der Waals surface area (Å²) >= 11 is 12.4. The summed E-state index contributed by atoms with van der Waals surface area (Å²) in [4.78, 5) is 15.9. The maximum absolute atomic E-state index is 14.1. The predicted octanol–water partition coefficient (Wildman–Crippen LogP) is 6.26. The van der Waals surface area contributed by atoms with Crippen LogP contribution in [-0.4, -0.2) is 34.2 Å². The Morgan fingerprint density at radius 1 is 0.973 bits per heavy atom. The van der Waals surface area contributed by atoms with Gasteiger partial charge in [-0.1, -0.05) is 66.0 Å². The van der Waals surface area contributed by atoms with Crippen LogP contribution >= 0.6 is 23.2 Å². The third kappa shape index (κ3) is 4.68. The van der Waals surface area contributed by atoms with Gasteiger partial charge in [-0.2, -0.15) is 0 Å². The molecule has 1 heterocycles. The molecule has 0 spiro atoms. The predicted molar refractivity (Wildman–Crippen MR) is 145 cm³/mol. The first-order valence-electron chi connectivity index (χ1n) is 12.5. The molecule has 7 heteroatoms. The summed E-state index contributed by atoms with van der Waals surface area (Å²) in [6.07, 6.45) is 2.78. The van der Waals surface area contributed by atoms with E-state index in [1.165, 1.54) is 0 Å². The number of halogens is 2. The molecule has 3 aromatic carbocycles. The molecule has 1 aliphatic carbocycles. The fourth-order valence-corrected chi connectivity index (χ4v) is 5.55. The molecule has 0 bridgehead atoms. The molecular weight excluding hydrogens is 509 g/mol. The molecule has 1 atom stereocenters. The van der Waals surface area contributed by atoms with Gasteiger partial charge in [0.15, 0.2) is 5.72 Å². The highest BCUT2D eigenvalue weighted by atomic mass is 35.5. The third-order valence-electron chi connectivity index (χ3n) is 7.77. The number of ether oxygens (including phenoxy) is 1. The van der Waals surface area contributed by atoms with E-state index in [-0.39, 0.29) is 24.5 Å². The molecule has 1 aliphatic heterocycles. The van der Waals surface area contributed by atoms with E-state index in [4.69, 9.17) is 27.9 Å². The van der Waals surface area contributed by atoms with Crippen molar-refractivity contribution in [1.29, 1.82) is 0 Å². The molecule has 1 amide bonds. The van der Waals surface area contributed by atoms with Crippen molar-refractivity contribution in [2.75, 3.05) is 13.2 Å². The minimum Gasteiger partial charge on any atom is -0.396 e. The van der Waals surface area contributed by atoms with Gasteiger partial charge in [-0.05, 0) is 68.1 Å². The van der Waals surface area contributed by atoms with Crippen LogP contribution in [0.2, 0.25) is 10.0 Å². The van der Waals surface area contributed by atoms with Crippen molar-refractivity contribution in [3.8, 4) is 0 Å². The molecule has 3 aromatic rings. The average Bonchev–Trinajstić information content (AvgIpc) is 3.08. The lowest BCUT2D eigenvalue weighted by Gasteiger charge is -2.45. The van der Waals surface area contributed by atoms with Crippen LogP contribution in [0, 0.1) is 5.41 Å². The molecule has 0 unspecified atom stereocenters. The van der Waals surface area contributed by atoms with Crippen molar-refractivity contribution in [3.05, 3.63) is 105 Å². The van der Waals surface area contributed by atoms with Gasteiger partial charge in [0.1, 0.15) is 0 Å². The Bertz CT molecular complexity index is 1290. The van der Waals surface area contributed by atoms with Crippen molar-refractivity contribution in [1.82, 2.24) is 4.90 Å². The van der Waals surface area contributed by atoms with Crippen molar-refractivity contribution in [2.45, 2.75) is 51.0 Å². The summed E-state index contributed by atoms with van der Waals surface area (Å²) in [7, 11) is 0. The van der Waals surface area contributed by atoms with Gasteiger partial charge in [0.25, 0.3) is 5.91 Å². The highest BCUT2D eigenvalue weighted by Crippen LogP contribution is 2.50. The van der Waals surface area contributed by atoms with Crippen LogP contribution in [0.25, 0.3) is 0 Å². The molecule has 0 saturated heterocycles. The molecule has 37 heavy (non-hydrogen) atoms. The van der Waals surface area contributed by atoms with Crippen LogP contribution in [0.3, 0.4) is 0 Å². The second kappa shape index (κ2) is 9.72. The van der Waals surface area contributed by atoms with E-state index in [0.29, 0.717) is 33.3 Å². The van der Waals surface area contributed by atoms with E-state index in [1.54, 1.807) is 49.1 Å². The third-order valence-corrected chi connectivity index (χ3v) is 8.28. The topological polar surface area (TPSA) is 70.0 Å². The van der Waals surface area contributed by atoms with Gasteiger partial charge >= 0.3 is 0 Å². The normalized spacial score (nSPS) is 20.6. The Hall–Kier alpha value is -2.41. The van der Waals surface area contributed by atoms with Gasteiger partial charge in [0.2, 0.25) is 0 Å². The maximum atomic E-state index is 14.1. The highest BCUT2D eigenvalue weighted by Gasteiger charge is 2.54. The molecule has 194 valence electrons. The fourth-order valence-electron chi connectivity index (χ4n) is 5.30. The number of benzene rings is 3. The number of fused-ring (bicyclic) bond motifs is 1. The lowest BCUT2D eigenvalue weighted by Crippen LogP contribution is -2.50. The van der Waals surface area contributed by atoms with E-state index >= 15 is 0 Å². The second-order valence-corrected chi connectivity index (χ2v) is 11.7. The standard InChI is InChI=1S/C30H31Cl2NO4/c1-28(2,36)22-8-13-26-25(16-22)27(35)33(17-20-4-9-23(31)10-5-20)30(26,21-6-11-24(32)12-7-21)37-19-29(18-34)14-3-15-29/h4-13,16,34,36H,3,14-15,17-19H2,1-2H3/t30-/m1/s1. The van der Waals surface area contributed by atoms with Gasteiger partial charge in [-0.15, -0.1) is 0 Å². The average molecular weight is 540 g/mol. The largest absolute Gasteiger partial charge is 0.396 e. The van der Waals surface area contributed by atoms with Crippen molar-refractivity contribution >= 4 is 29.1 Å². The number of amides is 1. The number of aliphatic hydroxyl groups excluding tert-OH is 1. The first kappa shape index (κ1) is 26.2. The summed E-state index contributed by atoms with van der Waals surface area (Å²) in [6, 6.07) is 20.2. The monoisotopic (exact) mass is 539 g/mol. The minimum atomic E-state index is -1.24. The molecule has 5 nitrogen and oxygen atoms in total. The zero-order valence-corrected chi connectivity index (χ0v) is 22.5. The van der Waals surface area contributed by atoms with Crippen LogP contribution in [0.15, 0.2) is 66.7 Å². The van der Waals surface area contributed by atoms with Crippen molar-refractivity contribution in [2.24, 2.45) is 5.41 Å². The zero-order valence-electron chi connectivity index (χ0n) is 21.0. The van der Waals surface area contributed by atoms with Gasteiger partial charge in [0.05, 0.1) is 18.8 Å². The number of aliphatic hydroxyl groups is 2. The number of carbonyl (C=O) groups is 1. The van der Waals surface area contributed by atoms with E-state index < -0.39 is 11.3 Å². The van der Waals surface area contributed by atoms with Crippen LogP contribution < -0.4 is 0 Å². The van der Waals surface area contributed by atoms with Crippen LogP contribution in [0.1, 0.15) is 65.7 Å². The van der Waals surface area contributed by atoms with Crippen LogP contribution in [0.5, 0.6) is 0 Å². The van der Waals surface area contributed by atoms with Gasteiger partial charge in [-0.25, -0.2) is 0 Å². The van der Waals surface area contributed by atoms with E-state index in [2.05, 4.69) is 0 Å². The van der Waals surface area contributed by atoms with Crippen LogP contribution in [-0.2, 0) is 22.6 Å². The first-order chi connectivity index (χ1) is 17.6. The second-order valence-electron chi connectivity index (χ2n) is 10.8. The van der Waals surface area contributed by atoms with Gasteiger partial charge < -0.3 is 14.9 Å². The quantitative estimate of drug-likeness (QED) is 0.354. The molecule has 2 N–H and O–H groups in total. The molecule has 1 saturated carbocycles. The number of hydrogen-bond donors (Lipinski definition) is 2. The summed E-state index contributed by atoms with van der Waals surface area (Å²) < 4.78 is 6.86. The SMILES string of the molecule is CC(C)(O)c1ccc2c(c1)C(=O)N(Cc1ccc(Cl)cc1)[C@@]2(OCC1(CO)CCC1)c1ccc(Cl)cc1. The van der Waals surface area contributed by atoms with E-state index in [1.807, 2.05) is 36.4 Å². The number of rotatable bonds is 8. The fraction of sp³-hybridized carbons (Fsp3) is 0.367. The molecule has 0 radical (unpaired) electrons. The summed E-state index contributed by atoms with van der Waals surface area (Å²) in [5.41, 5.74) is 0.803. The summed E-state index contributed by atoms with van der Waals surface area (Å²) in [5.74, 6) is -0.197. The number of carbonyl (C=O) groups excluding carboxylic acids is 1. The first-order valence-corrected chi connectivity index (χ1v) is 13.3. The summed E-state index contributed by atoms with van der Waals surface area (Å²) in [5, 5.41) is 22.1. The minimum absolute atomic E-state index is 0.0271. The van der Waals surface area contributed by atoms with Crippen LogP contribution in [0.4, 0.5) is 0 Å². The molecule has 0 aromatic heterocycles. The smallest absolute Gasteiger partial charge is 0.257 e. The Labute approximate surface area is 227 Å². The molecule has 5 rings (SSSR count). The summed E-state index contributed by atoms with van der Waals surface area (Å²) in [6.45, 7) is 3.99. The van der Waals surface area contributed by atoms with Gasteiger partial charge in [-0.3, -0.25) is 9.69 Å². The molecular formula is C30H31Cl2NO4. The van der Waals surface area contributed by atoms with E-state index in [0.717, 1.165) is 30.4 Å². The lowest BCUT2D eigenvalue weighted by atomic mass is 9.70. The Morgan fingerprint density at radius 3 is 2.14 bits per heavy atom. The van der Waals surface area contributed by atoms with E-state index in [9.17, 15) is 15.0 Å². The molecule has 1 fully saturated rings. The maximum Gasteiger partial charge on any atom is 0.257 e. The van der Waals surface area contributed by atoms with Crippen molar-refractivity contribution < 1.29 is 19.7 Å². The lowest BCUT2D eigenvalue weighted by molar-refractivity contribution is -0.158. The Kier molecular flexibility index (Phi) is 6.88. The van der Waals surface area contributed by atoms with Crippen molar-refractivity contribution in [3.63, 3.8) is 0 Å².